The molecule has 3 nitrogen and oxygen atoms in total. The predicted octanol–water partition coefficient (Wildman–Crippen LogP) is 2.15. The van der Waals surface area contributed by atoms with Crippen molar-refractivity contribution in [2.24, 2.45) is 11.7 Å². The third-order valence-corrected chi connectivity index (χ3v) is 3.68. The SMILES string of the molecule is CCC(C)CC(=O)N(CCN)C1CCCC1. The molecule has 16 heavy (non-hydrogen) atoms. The van der Waals surface area contributed by atoms with E-state index in [9.17, 15) is 4.79 Å². The topological polar surface area (TPSA) is 46.3 Å². The second-order valence-electron chi connectivity index (χ2n) is 5.03. The summed E-state index contributed by atoms with van der Waals surface area (Å²) in [4.78, 5) is 14.2. The molecule has 1 atom stereocenters. The van der Waals surface area contributed by atoms with Crippen LogP contribution in [-0.4, -0.2) is 29.9 Å². The largest absolute Gasteiger partial charge is 0.338 e. The van der Waals surface area contributed by atoms with Gasteiger partial charge in [-0.05, 0) is 18.8 Å². The standard InChI is InChI=1S/C13H26N2O/c1-3-11(2)10-13(16)15(9-8-14)12-6-4-5-7-12/h11-12H,3-10,14H2,1-2H3. The van der Waals surface area contributed by atoms with E-state index in [-0.39, 0.29) is 0 Å². The van der Waals surface area contributed by atoms with Gasteiger partial charge in [0.2, 0.25) is 5.91 Å². The molecule has 1 unspecified atom stereocenters. The second kappa shape index (κ2) is 6.89. The lowest BCUT2D eigenvalue weighted by atomic mass is 10.0. The number of hydrogen-bond acceptors (Lipinski definition) is 2. The molecule has 0 spiro atoms. The lowest BCUT2D eigenvalue weighted by Crippen LogP contribution is -2.42. The molecule has 1 saturated carbocycles. The Morgan fingerprint density at radius 3 is 2.56 bits per heavy atom. The van der Waals surface area contributed by atoms with E-state index >= 15 is 0 Å². The van der Waals surface area contributed by atoms with Gasteiger partial charge in [-0.15, -0.1) is 0 Å². The summed E-state index contributed by atoms with van der Waals surface area (Å²) < 4.78 is 0. The van der Waals surface area contributed by atoms with Gasteiger partial charge < -0.3 is 10.6 Å². The third kappa shape index (κ3) is 3.78. The monoisotopic (exact) mass is 226 g/mol. The molecule has 0 radical (unpaired) electrons. The minimum absolute atomic E-state index is 0.312. The normalized spacial score (nSPS) is 18.7. The van der Waals surface area contributed by atoms with Crippen LogP contribution in [0.3, 0.4) is 0 Å². The van der Waals surface area contributed by atoms with E-state index in [0.717, 1.165) is 13.0 Å². The molecular weight excluding hydrogens is 200 g/mol. The summed E-state index contributed by atoms with van der Waals surface area (Å²) in [6, 6.07) is 0.472. The molecular formula is C13H26N2O. The van der Waals surface area contributed by atoms with Crippen molar-refractivity contribution in [2.75, 3.05) is 13.1 Å². The van der Waals surface area contributed by atoms with Crippen molar-refractivity contribution < 1.29 is 4.79 Å². The maximum atomic E-state index is 12.2. The molecule has 0 saturated heterocycles. The summed E-state index contributed by atoms with van der Waals surface area (Å²) in [5.74, 6) is 0.806. The maximum absolute atomic E-state index is 12.2. The van der Waals surface area contributed by atoms with Crippen molar-refractivity contribution in [3.8, 4) is 0 Å². The maximum Gasteiger partial charge on any atom is 0.223 e. The molecule has 1 amide bonds. The molecule has 2 N–H and O–H groups in total. The van der Waals surface area contributed by atoms with Gasteiger partial charge in [0.05, 0.1) is 0 Å². The molecule has 1 fully saturated rings. The summed E-state index contributed by atoms with van der Waals surface area (Å²) in [7, 11) is 0. The molecule has 1 rings (SSSR count). The van der Waals surface area contributed by atoms with Gasteiger partial charge in [-0.1, -0.05) is 33.1 Å². The van der Waals surface area contributed by atoms with Crippen LogP contribution in [0.4, 0.5) is 0 Å². The summed E-state index contributed by atoms with van der Waals surface area (Å²) in [5, 5.41) is 0. The number of amides is 1. The highest BCUT2D eigenvalue weighted by Crippen LogP contribution is 2.24. The van der Waals surface area contributed by atoms with Crippen molar-refractivity contribution in [3.63, 3.8) is 0 Å². The highest BCUT2D eigenvalue weighted by Gasteiger charge is 2.26. The van der Waals surface area contributed by atoms with E-state index < -0.39 is 0 Å². The van der Waals surface area contributed by atoms with E-state index in [4.69, 9.17) is 5.73 Å². The van der Waals surface area contributed by atoms with Crippen molar-refractivity contribution in [3.05, 3.63) is 0 Å². The Kier molecular flexibility index (Phi) is 5.81. The van der Waals surface area contributed by atoms with Gasteiger partial charge in [0.1, 0.15) is 0 Å². The Balaban J connectivity index is 2.50. The van der Waals surface area contributed by atoms with Crippen molar-refractivity contribution >= 4 is 5.91 Å². The minimum atomic E-state index is 0.312. The fourth-order valence-corrected chi connectivity index (χ4v) is 2.43. The average Bonchev–Trinajstić information content (AvgIpc) is 2.78. The van der Waals surface area contributed by atoms with Crippen LogP contribution in [-0.2, 0) is 4.79 Å². The lowest BCUT2D eigenvalue weighted by Gasteiger charge is -2.29. The van der Waals surface area contributed by atoms with Crippen LogP contribution >= 0.6 is 0 Å². The van der Waals surface area contributed by atoms with E-state index in [1.54, 1.807) is 0 Å². The number of carbonyl (C=O) groups excluding carboxylic acids is 1. The van der Waals surface area contributed by atoms with E-state index in [1.807, 2.05) is 4.90 Å². The zero-order valence-corrected chi connectivity index (χ0v) is 10.7. The summed E-state index contributed by atoms with van der Waals surface area (Å²) in [5.41, 5.74) is 5.60. The van der Waals surface area contributed by atoms with Crippen LogP contribution in [0.15, 0.2) is 0 Å². The smallest absolute Gasteiger partial charge is 0.223 e. The number of nitrogens with two attached hydrogens (primary N) is 1. The molecule has 1 aliphatic carbocycles. The Morgan fingerprint density at radius 2 is 2.06 bits per heavy atom. The predicted molar refractivity (Wildman–Crippen MR) is 67.1 cm³/mol. The van der Waals surface area contributed by atoms with Gasteiger partial charge in [0, 0.05) is 25.6 Å². The molecule has 0 heterocycles. The van der Waals surface area contributed by atoms with E-state index in [2.05, 4.69) is 13.8 Å². The number of nitrogens with zero attached hydrogens (tertiary/aromatic N) is 1. The molecule has 1 aliphatic rings. The third-order valence-electron chi connectivity index (χ3n) is 3.68. The van der Waals surface area contributed by atoms with Crippen LogP contribution in [0.1, 0.15) is 52.4 Å². The first-order chi connectivity index (χ1) is 7.69. The first kappa shape index (κ1) is 13.5. The molecule has 0 aromatic carbocycles. The highest BCUT2D eigenvalue weighted by atomic mass is 16.2. The van der Waals surface area contributed by atoms with Crippen LogP contribution in [0.5, 0.6) is 0 Å². The molecule has 0 aromatic heterocycles. The van der Waals surface area contributed by atoms with Crippen LogP contribution in [0.25, 0.3) is 0 Å². The zero-order chi connectivity index (χ0) is 12.0. The molecule has 0 bridgehead atoms. The lowest BCUT2D eigenvalue weighted by molar-refractivity contribution is -0.134. The molecule has 94 valence electrons. The summed E-state index contributed by atoms with van der Waals surface area (Å²) in [6.07, 6.45) is 6.64. The number of hydrogen-bond donors (Lipinski definition) is 1. The Hall–Kier alpha value is -0.570. The molecule has 0 aliphatic heterocycles. The van der Waals surface area contributed by atoms with Crippen LogP contribution in [0.2, 0.25) is 0 Å². The highest BCUT2D eigenvalue weighted by molar-refractivity contribution is 5.76. The van der Waals surface area contributed by atoms with Gasteiger partial charge in [0.25, 0.3) is 0 Å². The van der Waals surface area contributed by atoms with Crippen LogP contribution in [0, 0.1) is 5.92 Å². The first-order valence-electron chi connectivity index (χ1n) is 6.68. The fraction of sp³-hybridized carbons (Fsp3) is 0.923. The van der Waals surface area contributed by atoms with Gasteiger partial charge >= 0.3 is 0 Å². The van der Waals surface area contributed by atoms with Gasteiger partial charge in [-0.2, -0.15) is 0 Å². The van der Waals surface area contributed by atoms with Gasteiger partial charge in [-0.3, -0.25) is 4.79 Å². The number of carbonyl (C=O) groups is 1. The Labute approximate surface area is 99.4 Å². The van der Waals surface area contributed by atoms with Crippen molar-refractivity contribution in [2.45, 2.75) is 58.4 Å². The average molecular weight is 226 g/mol. The quantitative estimate of drug-likeness (QED) is 0.754. The minimum Gasteiger partial charge on any atom is -0.338 e. The fourth-order valence-electron chi connectivity index (χ4n) is 2.43. The molecule has 0 aromatic rings. The summed E-state index contributed by atoms with van der Waals surface area (Å²) >= 11 is 0. The van der Waals surface area contributed by atoms with Crippen LogP contribution < -0.4 is 5.73 Å². The summed E-state index contributed by atoms with van der Waals surface area (Å²) in [6.45, 7) is 5.61. The number of rotatable bonds is 6. The second-order valence-corrected chi connectivity index (χ2v) is 5.03. The van der Waals surface area contributed by atoms with Crippen molar-refractivity contribution in [1.82, 2.24) is 4.90 Å². The van der Waals surface area contributed by atoms with E-state index in [0.29, 0.717) is 30.8 Å². The van der Waals surface area contributed by atoms with Crippen molar-refractivity contribution in [1.29, 1.82) is 0 Å². The van der Waals surface area contributed by atoms with Gasteiger partial charge in [0.15, 0.2) is 0 Å². The molecule has 3 heteroatoms. The Bertz CT molecular complexity index is 212. The first-order valence-corrected chi connectivity index (χ1v) is 6.68. The van der Waals surface area contributed by atoms with E-state index in [1.165, 1.54) is 25.7 Å². The zero-order valence-electron chi connectivity index (χ0n) is 10.7. The Morgan fingerprint density at radius 1 is 1.44 bits per heavy atom. The van der Waals surface area contributed by atoms with Gasteiger partial charge in [-0.25, -0.2) is 0 Å².